The average molecular weight is 195 g/mol. The molecule has 0 aromatic carbocycles. The molecule has 2 rings (SSSR count). The van der Waals surface area contributed by atoms with Crippen LogP contribution in [0, 0.1) is 23.7 Å². The normalized spacial score (nSPS) is 42.4. The molecule has 0 saturated heterocycles. The summed E-state index contributed by atoms with van der Waals surface area (Å²) in [6.45, 7) is 3.63. The summed E-state index contributed by atoms with van der Waals surface area (Å²) >= 11 is 0. The van der Waals surface area contributed by atoms with Crippen LogP contribution in [0.2, 0.25) is 0 Å². The predicted octanol–water partition coefficient (Wildman–Crippen LogP) is 3.06. The van der Waals surface area contributed by atoms with Crippen molar-refractivity contribution in [2.45, 2.75) is 45.4 Å². The fourth-order valence-electron chi connectivity index (χ4n) is 3.89. The van der Waals surface area contributed by atoms with Crippen molar-refractivity contribution in [1.29, 1.82) is 0 Å². The zero-order chi connectivity index (χ0) is 9.97. The molecule has 0 heterocycles. The Balaban J connectivity index is 1.95. The van der Waals surface area contributed by atoms with E-state index in [9.17, 15) is 0 Å². The van der Waals surface area contributed by atoms with Crippen LogP contribution in [-0.4, -0.2) is 13.6 Å². The first-order valence-corrected chi connectivity index (χ1v) is 6.49. The van der Waals surface area contributed by atoms with Crippen LogP contribution < -0.4 is 5.32 Å². The van der Waals surface area contributed by atoms with Gasteiger partial charge in [-0.1, -0.05) is 26.2 Å². The fraction of sp³-hybridized carbons (Fsp3) is 1.00. The first kappa shape index (κ1) is 10.5. The van der Waals surface area contributed by atoms with Crippen LogP contribution in [0.5, 0.6) is 0 Å². The summed E-state index contributed by atoms with van der Waals surface area (Å²) in [7, 11) is 2.11. The van der Waals surface area contributed by atoms with Crippen LogP contribution in [0.15, 0.2) is 0 Å². The topological polar surface area (TPSA) is 12.0 Å². The maximum Gasteiger partial charge on any atom is -0.00208 e. The first-order chi connectivity index (χ1) is 6.85. The Bertz CT molecular complexity index is 176. The molecule has 2 aliphatic carbocycles. The molecule has 1 heteroatoms. The second-order valence-corrected chi connectivity index (χ2v) is 5.42. The van der Waals surface area contributed by atoms with Gasteiger partial charge in [0, 0.05) is 0 Å². The van der Waals surface area contributed by atoms with Crippen molar-refractivity contribution in [2.75, 3.05) is 13.6 Å². The van der Waals surface area contributed by atoms with Crippen molar-refractivity contribution in [2.24, 2.45) is 23.7 Å². The highest BCUT2D eigenvalue weighted by Crippen LogP contribution is 2.48. The molecule has 0 aliphatic heterocycles. The first-order valence-electron chi connectivity index (χ1n) is 6.49. The Labute approximate surface area is 88.7 Å². The Morgan fingerprint density at radius 1 is 1.21 bits per heavy atom. The zero-order valence-electron chi connectivity index (χ0n) is 9.76. The van der Waals surface area contributed by atoms with E-state index >= 15 is 0 Å². The lowest BCUT2D eigenvalue weighted by molar-refractivity contribution is 0.180. The van der Waals surface area contributed by atoms with Crippen molar-refractivity contribution in [3.63, 3.8) is 0 Å². The molecule has 82 valence electrons. The number of hydrogen-bond donors (Lipinski definition) is 1. The highest BCUT2D eigenvalue weighted by molar-refractivity contribution is 4.90. The lowest BCUT2D eigenvalue weighted by Crippen LogP contribution is -2.31. The smallest absolute Gasteiger partial charge is 0.00208 e. The van der Waals surface area contributed by atoms with Crippen LogP contribution >= 0.6 is 0 Å². The van der Waals surface area contributed by atoms with E-state index in [0.717, 1.165) is 23.7 Å². The Morgan fingerprint density at radius 3 is 2.79 bits per heavy atom. The third-order valence-electron chi connectivity index (χ3n) is 4.65. The monoisotopic (exact) mass is 195 g/mol. The largest absolute Gasteiger partial charge is 0.319 e. The Hall–Kier alpha value is -0.0400. The van der Waals surface area contributed by atoms with Gasteiger partial charge in [0.05, 0.1) is 0 Å². The van der Waals surface area contributed by atoms with Crippen molar-refractivity contribution >= 4 is 0 Å². The van der Waals surface area contributed by atoms with Gasteiger partial charge in [0.25, 0.3) is 0 Å². The van der Waals surface area contributed by atoms with E-state index in [2.05, 4.69) is 19.3 Å². The zero-order valence-corrected chi connectivity index (χ0v) is 9.76. The van der Waals surface area contributed by atoms with Gasteiger partial charge in [0.1, 0.15) is 0 Å². The van der Waals surface area contributed by atoms with Gasteiger partial charge in [0.15, 0.2) is 0 Å². The number of nitrogens with one attached hydrogen (secondary N) is 1. The second-order valence-electron chi connectivity index (χ2n) is 5.42. The quantitative estimate of drug-likeness (QED) is 0.730. The van der Waals surface area contributed by atoms with Crippen molar-refractivity contribution in [3.05, 3.63) is 0 Å². The van der Waals surface area contributed by atoms with E-state index in [4.69, 9.17) is 0 Å². The molecule has 4 atom stereocenters. The molecule has 0 amide bonds. The molecule has 2 aliphatic rings. The minimum atomic E-state index is 0.996. The second kappa shape index (κ2) is 4.65. The van der Waals surface area contributed by atoms with Gasteiger partial charge in [-0.2, -0.15) is 0 Å². The molecular formula is C13H25N. The van der Waals surface area contributed by atoms with Crippen molar-refractivity contribution in [3.8, 4) is 0 Å². The van der Waals surface area contributed by atoms with Gasteiger partial charge >= 0.3 is 0 Å². The SMILES string of the molecule is CCC1CC2CCCC(CNC)C2C1. The van der Waals surface area contributed by atoms with E-state index in [0.29, 0.717) is 0 Å². The maximum absolute atomic E-state index is 3.38. The number of rotatable bonds is 3. The van der Waals surface area contributed by atoms with Crippen molar-refractivity contribution < 1.29 is 0 Å². The van der Waals surface area contributed by atoms with Crippen LogP contribution in [-0.2, 0) is 0 Å². The summed E-state index contributed by atoms with van der Waals surface area (Å²) in [6.07, 6.45) is 9.00. The molecule has 2 saturated carbocycles. The Morgan fingerprint density at radius 2 is 2.07 bits per heavy atom. The molecule has 0 bridgehead atoms. The highest BCUT2D eigenvalue weighted by Gasteiger charge is 2.39. The predicted molar refractivity (Wildman–Crippen MR) is 61.3 cm³/mol. The molecule has 4 unspecified atom stereocenters. The molecule has 1 N–H and O–H groups in total. The summed E-state index contributed by atoms with van der Waals surface area (Å²) in [5, 5.41) is 3.38. The molecule has 0 aromatic rings. The molecule has 0 radical (unpaired) electrons. The van der Waals surface area contributed by atoms with Crippen LogP contribution in [0.4, 0.5) is 0 Å². The van der Waals surface area contributed by atoms with E-state index in [1.165, 1.54) is 38.6 Å². The van der Waals surface area contributed by atoms with E-state index in [1.807, 2.05) is 0 Å². The summed E-state index contributed by atoms with van der Waals surface area (Å²) in [6, 6.07) is 0. The summed E-state index contributed by atoms with van der Waals surface area (Å²) < 4.78 is 0. The van der Waals surface area contributed by atoms with Crippen LogP contribution in [0.1, 0.15) is 45.4 Å². The molecule has 0 aromatic heterocycles. The third kappa shape index (κ3) is 1.98. The van der Waals surface area contributed by atoms with E-state index < -0.39 is 0 Å². The van der Waals surface area contributed by atoms with Crippen molar-refractivity contribution in [1.82, 2.24) is 5.32 Å². The summed E-state index contributed by atoms with van der Waals surface area (Å²) in [4.78, 5) is 0. The van der Waals surface area contributed by atoms with Crippen LogP contribution in [0.25, 0.3) is 0 Å². The van der Waals surface area contributed by atoms with Gasteiger partial charge in [0.2, 0.25) is 0 Å². The molecule has 0 spiro atoms. The molecule has 2 fully saturated rings. The number of fused-ring (bicyclic) bond motifs is 1. The minimum Gasteiger partial charge on any atom is -0.319 e. The van der Waals surface area contributed by atoms with Gasteiger partial charge in [-0.15, -0.1) is 0 Å². The molecule has 14 heavy (non-hydrogen) atoms. The van der Waals surface area contributed by atoms with E-state index in [1.54, 1.807) is 6.42 Å². The number of hydrogen-bond acceptors (Lipinski definition) is 1. The minimum absolute atomic E-state index is 0.996. The highest BCUT2D eigenvalue weighted by atomic mass is 14.8. The maximum atomic E-state index is 3.38. The lowest BCUT2D eigenvalue weighted by atomic mass is 9.74. The third-order valence-corrected chi connectivity index (χ3v) is 4.65. The molecule has 1 nitrogen and oxygen atoms in total. The van der Waals surface area contributed by atoms with Gasteiger partial charge < -0.3 is 5.32 Å². The van der Waals surface area contributed by atoms with Crippen LogP contribution in [0.3, 0.4) is 0 Å². The lowest BCUT2D eigenvalue weighted by Gasteiger charge is -2.33. The average Bonchev–Trinajstić information content (AvgIpc) is 2.62. The summed E-state index contributed by atoms with van der Waals surface area (Å²) in [5.74, 6) is 4.21. The molecular weight excluding hydrogens is 170 g/mol. The fourth-order valence-corrected chi connectivity index (χ4v) is 3.89. The Kier molecular flexibility index (Phi) is 3.48. The van der Waals surface area contributed by atoms with Gasteiger partial charge in [-0.3, -0.25) is 0 Å². The van der Waals surface area contributed by atoms with Gasteiger partial charge in [-0.25, -0.2) is 0 Å². The van der Waals surface area contributed by atoms with E-state index in [-0.39, 0.29) is 0 Å². The summed E-state index contributed by atoms with van der Waals surface area (Å²) in [5.41, 5.74) is 0. The van der Waals surface area contributed by atoms with Gasteiger partial charge in [-0.05, 0) is 56.5 Å². The standard InChI is InChI=1S/C13H25N/c1-3-10-7-11-5-4-6-12(9-14-2)13(11)8-10/h10-14H,3-9H2,1-2H3.